The second-order valence-corrected chi connectivity index (χ2v) is 2.52. The Kier molecular flexibility index (Phi) is 2.62. The molecule has 1 radical (unpaired) electrons. The predicted octanol–water partition coefficient (Wildman–Crippen LogP) is -1.79. The van der Waals surface area contributed by atoms with Crippen LogP contribution in [-0.2, 0) is 0 Å². The van der Waals surface area contributed by atoms with E-state index in [2.05, 4.69) is 0 Å². The van der Waals surface area contributed by atoms with Gasteiger partial charge in [0.05, 0.1) is 18.6 Å². The highest BCUT2D eigenvalue weighted by Crippen LogP contribution is 2.19. The topological polar surface area (TPSA) is 80.9 Å². The van der Waals surface area contributed by atoms with Crippen molar-refractivity contribution in [1.82, 2.24) is 0 Å². The summed E-state index contributed by atoms with van der Waals surface area (Å²) in [5.41, 5.74) is 0. The maximum absolute atomic E-state index is 9.15. The van der Waals surface area contributed by atoms with Crippen LogP contribution in [-0.4, -0.2) is 45.3 Å². The molecule has 1 aliphatic carbocycles. The third-order valence-corrected chi connectivity index (χ3v) is 1.74. The van der Waals surface area contributed by atoms with E-state index in [0.717, 1.165) is 0 Å². The molecule has 0 bridgehead atoms. The van der Waals surface area contributed by atoms with Crippen molar-refractivity contribution in [1.29, 1.82) is 0 Å². The molecule has 0 saturated heterocycles. The van der Waals surface area contributed by atoms with Gasteiger partial charge in [-0.05, 0) is 0 Å². The van der Waals surface area contributed by atoms with Gasteiger partial charge >= 0.3 is 0 Å². The number of hydrogen-bond donors (Lipinski definition) is 4. The van der Waals surface area contributed by atoms with Gasteiger partial charge in [-0.2, -0.15) is 0 Å². The van der Waals surface area contributed by atoms with Crippen LogP contribution in [0.5, 0.6) is 0 Å². The molecule has 4 heteroatoms. The lowest BCUT2D eigenvalue weighted by Crippen LogP contribution is -2.43. The maximum Gasteiger partial charge on any atom is 0.110 e. The molecule has 63 valence electrons. The summed E-state index contributed by atoms with van der Waals surface area (Å²) in [5.74, 6) is 0.322. The molecule has 4 N–H and O–H groups in total. The summed E-state index contributed by atoms with van der Waals surface area (Å²) in [5, 5.41) is 35.8. The third kappa shape index (κ3) is 1.59. The van der Waals surface area contributed by atoms with E-state index in [1.807, 2.05) is 0 Å². The molecule has 0 saturated carbocycles. The number of hydrogen-bond acceptors (Lipinski definition) is 4. The fourth-order valence-corrected chi connectivity index (χ4v) is 0.987. The van der Waals surface area contributed by atoms with Gasteiger partial charge in [-0.3, -0.25) is 0 Å². The van der Waals surface area contributed by atoms with Crippen LogP contribution in [0.2, 0.25) is 0 Å². The Labute approximate surface area is 64.4 Å². The zero-order valence-electron chi connectivity index (χ0n) is 5.88. The summed E-state index contributed by atoms with van der Waals surface area (Å²) in [6.45, 7) is -0.304. The molecule has 0 aromatic heterocycles. The summed E-state index contributed by atoms with van der Waals surface area (Å²) in [4.78, 5) is 0. The lowest BCUT2D eigenvalue weighted by molar-refractivity contribution is -0.0418. The van der Waals surface area contributed by atoms with Crippen LogP contribution < -0.4 is 0 Å². The summed E-state index contributed by atoms with van der Waals surface area (Å²) >= 11 is 0. The molecule has 11 heavy (non-hydrogen) atoms. The maximum atomic E-state index is 9.15. The van der Waals surface area contributed by atoms with Gasteiger partial charge in [-0.25, -0.2) is 0 Å². The highest BCUT2D eigenvalue weighted by Gasteiger charge is 2.32. The van der Waals surface area contributed by atoms with Crippen LogP contribution in [0.3, 0.4) is 0 Å². The second-order valence-electron chi connectivity index (χ2n) is 2.52. The zero-order valence-corrected chi connectivity index (χ0v) is 5.88. The zero-order chi connectivity index (χ0) is 8.43. The molecular formula is C7H11O4. The lowest BCUT2D eigenvalue weighted by atomic mass is 9.89. The standard InChI is InChI=1S/C7H11O4/c8-3-4-1-2-5(9)7(11)6(4)10/h1-2,5-11H,3H2. The van der Waals surface area contributed by atoms with Crippen LogP contribution >= 0.6 is 0 Å². The number of rotatable bonds is 1. The summed E-state index contributed by atoms with van der Waals surface area (Å²) in [7, 11) is 0. The normalized spacial score (nSPS) is 39.5. The van der Waals surface area contributed by atoms with Gasteiger partial charge in [0.1, 0.15) is 12.2 Å². The largest absolute Gasteiger partial charge is 0.395 e. The molecule has 0 aromatic carbocycles. The molecule has 0 aromatic rings. The van der Waals surface area contributed by atoms with E-state index >= 15 is 0 Å². The van der Waals surface area contributed by atoms with E-state index < -0.39 is 18.3 Å². The number of aliphatic hydroxyl groups is 4. The smallest absolute Gasteiger partial charge is 0.110 e. The average molecular weight is 159 g/mol. The third-order valence-electron chi connectivity index (χ3n) is 1.74. The van der Waals surface area contributed by atoms with Crippen molar-refractivity contribution < 1.29 is 20.4 Å². The minimum absolute atomic E-state index is 0.304. The van der Waals surface area contributed by atoms with Crippen LogP contribution in [0.1, 0.15) is 0 Å². The van der Waals surface area contributed by atoms with Crippen molar-refractivity contribution >= 4 is 0 Å². The molecule has 0 fully saturated rings. The molecule has 0 aliphatic heterocycles. The van der Waals surface area contributed by atoms with Crippen LogP contribution in [0.15, 0.2) is 12.2 Å². The molecule has 0 spiro atoms. The van der Waals surface area contributed by atoms with Crippen molar-refractivity contribution in [3.8, 4) is 0 Å². The molecule has 0 heterocycles. The summed E-state index contributed by atoms with van der Waals surface area (Å²) < 4.78 is 0. The van der Waals surface area contributed by atoms with Crippen molar-refractivity contribution in [3.05, 3.63) is 18.1 Å². The van der Waals surface area contributed by atoms with E-state index in [-0.39, 0.29) is 6.61 Å². The molecule has 3 unspecified atom stereocenters. The first-order valence-electron chi connectivity index (χ1n) is 3.36. The van der Waals surface area contributed by atoms with Gasteiger partial charge < -0.3 is 20.4 Å². The Bertz CT molecular complexity index is 157. The Morgan fingerprint density at radius 1 is 1.27 bits per heavy atom. The minimum Gasteiger partial charge on any atom is -0.395 e. The van der Waals surface area contributed by atoms with Gasteiger partial charge in [0.15, 0.2) is 0 Å². The first kappa shape index (κ1) is 8.67. The highest BCUT2D eigenvalue weighted by atomic mass is 16.4. The minimum atomic E-state index is -1.22. The molecule has 1 aliphatic rings. The summed E-state index contributed by atoms with van der Waals surface area (Å²) in [6, 6.07) is 0. The Hall–Kier alpha value is -0.420. The Morgan fingerprint density at radius 2 is 1.91 bits per heavy atom. The van der Waals surface area contributed by atoms with Crippen LogP contribution in [0.4, 0.5) is 0 Å². The Morgan fingerprint density at radius 3 is 2.45 bits per heavy atom. The number of aliphatic hydroxyl groups excluding tert-OH is 4. The quantitative estimate of drug-likeness (QED) is 0.364. The van der Waals surface area contributed by atoms with Crippen LogP contribution in [0.25, 0.3) is 0 Å². The molecule has 1 rings (SSSR count). The van der Waals surface area contributed by atoms with E-state index in [4.69, 9.17) is 20.4 Å². The lowest BCUT2D eigenvalue weighted by Gasteiger charge is -2.28. The van der Waals surface area contributed by atoms with Crippen LogP contribution in [0, 0.1) is 5.92 Å². The van der Waals surface area contributed by atoms with E-state index in [1.54, 1.807) is 0 Å². The van der Waals surface area contributed by atoms with Crippen molar-refractivity contribution in [2.45, 2.75) is 18.3 Å². The molecule has 0 amide bonds. The van der Waals surface area contributed by atoms with Gasteiger partial charge in [-0.1, -0.05) is 12.2 Å². The van der Waals surface area contributed by atoms with E-state index in [0.29, 0.717) is 5.92 Å². The Balaban J connectivity index is 2.68. The van der Waals surface area contributed by atoms with E-state index in [9.17, 15) is 0 Å². The fraction of sp³-hybridized carbons (Fsp3) is 0.571. The molecule has 3 atom stereocenters. The second kappa shape index (κ2) is 3.32. The fourth-order valence-electron chi connectivity index (χ4n) is 0.987. The van der Waals surface area contributed by atoms with Gasteiger partial charge in [0.25, 0.3) is 0 Å². The SMILES string of the molecule is OC[C]1C=CC(O)C(O)C1O. The predicted molar refractivity (Wildman–Crippen MR) is 37.5 cm³/mol. The van der Waals surface area contributed by atoms with Crippen molar-refractivity contribution in [2.75, 3.05) is 6.61 Å². The van der Waals surface area contributed by atoms with Crippen molar-refractivity contribution in [2.24, 2.45) is 0 Å². The average Bonchev–Trinajstić information content (AvgIpc) is 2.01. The highest BCUT2D eigenvalue weighted by molar-refractivity contribution is 5.23. The monoisotopic (exact) mass is 159 g/mol. The first-order valence-corrected chi connectivity index (χ1v) is 3.36. The summed E-state index contributed by atoms with van der Waals surface area (Å²) in [6.07, 6.45) is -0.659. The molecular weight excluding hydrogens is 148 g/mol. The van der Waals surface area contributed by atoms with Gasteiger partial charge in [0, 0.05) is 0 Å². The van der Waals surface area contributed by atoms with Crippen molar-refractivity contribution in [3.63, 3.8) is 0 Å². The van der Waals surface area contributed by atoms with Gasteiger partial charge in [0.2, 0.25) is 0 Å². The first-order chi connectivity index (χ1) is 5.16. The van der Waals surface area contributed by atoms with Gasteiger partial charge in [-0.15, -0.1) is 0 Å². The molecule has 4 nitrogen and oxygen atoms in total. The van der Waals surface area contributed by atoms with E-state index in [1.165, 1.54) is 12.2 Å².